The number of amides is 2. The number of nitrogens with zero attached hydrogens (tertiary/aromatic N) is 2. The summed E-state index contributed by atoms with van der Waals surface area (Å²) in [5, 5.41) is 13.0. The Morgan fingerprint density at radius 3 is 2.72 bits per heavy atom. The molecule has 2 N–H and O–H groups in total. The molecule has 7 nitrogen and oxygen atoms in total. The van der Waals surface area contributed by atoms with Gasteiger partial charge in [0, 0.05) is 54.1 Å². The molecule has 2 aliphatic carbocycles. The van der Waals surface area contributed by atoms with E-state index in [-0.39, 0.29) is 23.5 Å². The van der Waals surface area contributed by atoms with Gasteiger partial charge >= 0.3 is 0 Å². The van der Waals surface area contributed by atoms with Crippen LogP contribution < -0.4 is 10.1 Å². The molecule has 2 atom stereocenters. The molecule has 1 aromatic carbocycles. The van der Waals surface area contributed by atoms with Crippen LogP contribution in [0.5, 0.6) is 5.75 Å². The second kappa shape index (κ2) is 7.80. The summed E-state index contributed by atoms with van der Waals surface area (Å²) in [6.07, 6.45) is 5.16. The molecule has 32 heavy (non-hydrogen) atoms. The zero-order valence-corrected chi connectivity index (χ0v) is 18.2. The van der Waals surface area contributed by atoms with E-state index in [1.54, 1.807) is 4.90 Å². The fourth-order valence-electron chi connectivity index (χ4n) is 5.29. The van der Waals surface area contributed by atoms with E-state index in [0.29, 0.717) is 50.9 Å². The van der Waals surface area contributed by atoms with E-state index in [9.17, 15) is 19.2 Å². The predicted molar refractivity (Wildman–Crippen MR) is 115 cm³/mol. The molecular formula is C24H27FN4O3. The minimum absolute atomic E-state index is 0.0185. The van der Waals surface area contributed by atoms with Crippen LogP contribution in [-0.2, 0) is 22.6 Å². The molecule has 0 saturated heterocycles. The third-order valence-corrected chi connectivity index (χ3v) is 7.29. The lowest BCUT2D eigenvalue weighted by molar-refractivity contribution is -0.144. The van der Waals surface area contributed by atoms with Crippen molar-refractivity contribution in [1.82, 2.24) is 15.2 Å². The Morgan fingerprint density at radius 2 is 2.03 bits per heavy atom. The lowest BCUT2D eigenvalue weighted by atomic mass is 9.77. The molecule has 1 aliphatic heterocycles. The van der Waals surface area contributed by atoms with Crippen molar-refractivity contribution in [3.05, 3.63) is 29.2 Å². The Labute approximate surface area is 185 Å². The van der Waals surface area contributed by atoms with Crippen molar-refractivity contribution >= 4 is 22.7 Å². The summed E-state index contributed by atoms with van der Waals surface area (Å²) >= 11 is 0. The van der Waals surface area contributed by atoms with Crippen LogP contribution in [0.15, 0.2) is 12.1 Å². The zero-order valence-electron chi connectivity index (χ0n) is 18.2. The fourth-order valence-corrected chi connectivity index (χ4v) is 5.29. The first-order valence-electron chi connectivity index (χ1n) is 11.3. The second-order valence-electron chi connectivity index (χ2n) is 9.30. The van der Waals surface area contributed by atoms with Gasteiger partial charge in [0.1, 0.15) is 17.1 Å². The van der Waals surface area contributed by atoms with Crippen LogP contribution in [0.3, 0.4) is 0 Å². The molecule has 2 fully saturated rings. The maximum Gasteiger partial charge on any atom is 0.226 e. The SMILES string of the molecule is COc1cc(F)cc2c3c([nH]c12)CCN(C(=O)C1CCCCC1C(=O)NC1(C#N)CC1)C3. The molecule has 2 saturated carbocycles. The van der Waals surface area contributed by atoms with Crippen LogP contribution >= 0.6 is 0 Å². The number of halogens is 1. The number of aromatic amines is 1. The molecule has 8 heteroatoms. The molecular weight excluding hydrogens is 411 g/mol. The maximum atomic E-state index is 14.1. The highest BCUT2D eigenvalue weighted by molar-refractivity contribution is 5.92. The first kappa shape index (κ1) is 20.8. The van der Waals surface area contributed by atoms with Crippen molar-refractivity contribution in [2.45, 2.75) is 57.0 Å². The number of nitrogens with one attached hydrogen (secondary N) is 2. The van der Waals surface area contributed by atoms with Crippen molar-refractivity contribution in [3.63, 3.8) is 0 Å². The number of hydrogen-bond acceptors (Lipinski definition) is 4. The summed E-state index contributed by atoms with van der Waals surface area (Å²) in [7, 11) is 1.51. The van der Waals surface area contributed by atoms with E-state index in [1.165, 1.54) is 19.2 Å². The Hall–Kier alpha value is -3.08. The number of rotatable bonds is 4. The lowest BCUT2D eigenvalue weighted by Crippen LogP contribution is -2.48. The topological polar surface area (TPSA) is 98.2 Å². The number of ether oxygens (including phenoxy) is 1. The smallest absolute Gasteiger partial charge is 0.226 e. The summed E-state index contributed by atoms with van der Waals surface area (Å²) in [6, 6.07) is 5.03. The van der Waals surface area contributed by atoms with Gasteiger partial charge < -0.3 is 19.9 Å². The first-order chi connectivity index (χ1) is 15.4. The number of carbonyl (C=O) groups excluding carboxylic acids is 2. The molecule has 168 valence electrons. The standard InChI is InChI=1S/C24H27FN4O3/c1-32-20-11-14(25)10-17-18-12-29(9-6-19(18)27-21(17)20)23(31)16-5-3-2-4-15(16)22(30)28-24(13-26)7-8-24/h10-11,15-16,27H,2-9,12H2,1H3,(H,28,30). The van der Waals surface area contributed by atoms with E-state index in [0.717, 1.165) is 35.0 Å². The monoisotopic (exact) mass is 438 g/mol. The van der Waals surface area contributed by atoms with Crippen molar-refractivity contribution in [2.75, 3.05) is 13.7 Å². The predicted octanol–water partition coefficient (Wildman–Crippen LogP) is 3.18. The molecule has 2 aromatic rings. The zero-order chi connectivity index (χ0) is 22.5. The molecule has 0 radical (unpaired) electrons. The van der Waals surface area contributed by atoms with Crippen LogP contribution in [0.2, 0.25) is 0 Å². The van der Waals surface area contributed by atoms with Crippen LogP contribution in [-0.4, -0.2) is 40.9 Å². The molecule has 0 spiro atoms. The lowest BCUT2D eigenvalue weighted by Gasteiger charge is -2.36. The molecule has 2 heterocycles. The largest absolute Gasteiger partial charge is 0.494 e. The summed E-state index contributed by atoms with van der Waals surface area (Å²) in [6.45, 7) is 0.935. The third kappa shape index (κ3) is 3.50. The van der Waals surface area contributed by atoms with Gasteiger partial charge in [-0.05, 0) is 31.7 Å². The number of benzene rings is 1. The number of aromatic nitrogens is 1. The van der Waals surface area contributed by atoms with E-state index >= 15 is 0 Å². The quantitative estimate of drug-likeness (QED) is 0.766. The molecule has 5 rings (SSSR count). The number of fused-ring (bicyclic) bond motifs is 3. The number of methoxy groups -OCH3 is 1. The second-order valence-corrected chi connectivity index (χ2v) is 9.30. The summed E-state index contributed by atoms with van der Waals surface area (Å²) in [5.74, 6) is -0.896. The molecule has 2 unspecified atom stereocenters. The normalized spacial score (nSPS) is 23.8. The van der Waals surface area contributed by atoms with Gasteiger partial charge in [-0.25, -0.2) is 4.39 Å². The number of carbonyl (C=O) groups is 2. The number of hydrogen-bond donors (Lipinski definition) is 2. The highest BCUT2D eigenvalue weighted by Gasteiger charge is 2.47. The first-order valence-corrected chi connectivity index (χ1v) is 11.3. The van der Waals surface area contributed by atoms with Crippen LogP contribution in [0.1, 0.15) is 49.8 Å². The third-order valence-electron chi connectivity index (χ3n) is 7.29. The van der Waals surface area contributed by atoms with E-state index in [4.69, 9.17) is 4.74 Å². The minimum Gasteiger partial charge on any atom is -0.494 e. The van der Waals surface area contributed by atoms with Crippen molar-refractivity contribution < 1.29 is 18.7 Å². The van der Waals surface area contributed by atoms with E-state index < -0.39 is 11.5 Å². The molecule has 2 amide bonds. The van der Waals surface area contributed by atoms with Gasteiger partial charge in [0.05, 0.1) is 18.7 Å². The summed E-state index contributed by atoms with van der Waals surface area (Å²) < 4.78 is 19.5. The van der Waals surface area contributed by atoms with Gasteiger partial charge in [-0.1, -0.05) is 12.8 Å². The summed E-state index contributed by atoms with van der Waals surface area (Å²) in [5.41, 5.74) is 1.93. The minimum atomic E-state index is -0.727. The molecule has 1 aromatic heterocycles. The Bertz CT molecular complexity index is 1130. The average molecular weight is 439 g/mol. The van der Waals surface area contributed by atoms with Gasteiger partial charge in [-0.3, -0.25) is 9.59 Å². The van der Waals surface area contributed by atoms with Gasteiger partial charge in [0.15, 0.2) is 0 Å². The van der Waals surface area contributed by atoms with E-state index in [2.05, 4.69) is 16.4 Å². The Kier molecular flexibility index (Phi) is 5.07. The molecule has 0 bridgehead atoms. The van der Waals surface area contributed by atoms with Crippen LogP contribution in [0.4, 0.5) is 4.39 Å². The van der Waals surface area contributed by atoms with E-state index in [1.807, 2.05) is 0 Å². The van der Waals surface area contributed by atoms with Gasteiger partial charge in [0.25, 0.3) is 0 Å². The molecule has 3 aliphatic rings. The Morgan fingerprint density at radius 1 is 1.28 bits per heavy atom. The fraction of sp³-hybridized carbons (Fsp3) is 0.542. The number of H-pyrrole nitrogens is 1. The van der Waals surface area contributed by atoms with Crippen LogP contribution in [0, 0.1) is 29.0 Å². The van der Waals surface area contributed by atoms with Gasteiger partial charge in [-0.2, -0.15) is 5.26 Å². The van der Waals surface area contributed by atoms with Crippen LogP contribution in [0.25, 0.3) is 10.9 Å². The van der Waals surface area contributed by atoms with Crippen molar-refractivity contribution in [1.29, 1.82) is 5.26 Å². The highest BCUT2D eigenvalue weighted by Crippen LogP contribution is 2.39. The summed E-state index contributed by atoms with van der Waals surface area (Å²) in [4.78, 5) is 31.7. The van der Waals surface area contributed by atoms with Crippen molar-refractivity contribution in [3.8, 4) is 11.8 Å². The number of nitriles is 1. The van der Waals surface area contributed by atoms with Gasteiger partial charge in [0.2, 0.25) is 11.8 Å². The maximum absolute atomic E-state index is 14.1. The van der Waals surface area contributed by atoms with Crippen molar-refractivity contribution in [2.24, 2.45) is 11.8 Å². The highest BCUT2D eigenvalue weighted by atomic mass is 19.1. The van der Waals surface area contributed by atoms with Gasteiger partial charge in [-0.15, -0.1) is 0 Å². The Balaban J connectivity index is 1.38. The average Bonchev–Trinajstić information content (AvgIpc) is 3.50.